The van der Waals surface area contributed by atoms with E-state index in [1.807, 2.05) is 20.8 Å². The third-order valence-electron chi connectivity index (χ3n) is 3.20. The maximum Gasteiger partial charge on any atom is 0.240 e. The van der Waals surface area contributed by atoms with Gasteiger partial charge in [0.2, 0.25) is 15.9 Å². The van der Waals surface area contributed by atoms with Gasteiger partial charge in [-0.2, -0.15) is 0 Å². The first-order valence-corrected chi connectivity index (χ1v) is 8.87. The van der Waals surface area contributed by atoms with Crippen molar-refractivity contribution in [1.29, 1.82) is 0 Å². The van der Waals surface area contributed by atoms with Gasteiger partial charge in [0.1, 0.15) is 6.54 Å². The van der Waals surface area contributed by atoms with Crippen LogP contribution in [0.1, 0.15) is 20.8 Å². The van der Waals surface area contributed by atoms with Crippen LogP contribution in [0.15, 0.2) is 24.3 Å². The molecule has 5 nitrogen and oxygen atoms in total. The number of nitrogens with one attached hydrogen (secondary N) is 1. The predicted octanol–water partition coefficient (Wildman–Crippen LogP) is 2.27. The van der Waals surface area contributed by atoms with E-state index >= 15 is 0 Å². The van der Waals surface area contributed by atoms with Crippen molar-refractivity contribution >= 4 is 33.2 Å². The van der Waals surface area contributed by atoms with Gasteiger partial charge in [0.05, 0.1) is 17.0 Å². The van der Waals surface area contributed by atoms with Crippen molar-refractivity contribution < 1.29 is 13.2 Å². The molecule has 1 rings (SSSR count). The molecule has 0 aliphatic heterocycles. The molecule has 118 valence electrons. The maximum atomic E-state index is 12.0. The quantitative estimate of drug-likeness (QED) is 0.869. The number of nitrogens with zero attached hydrogens (tertiary/aromatic N) is 1. The van der Waals surface area contributed by atoms with Crippen LogP contribution in [0.3, 0.4) is 0 Å². The van der Waals surface area contributed by atoms with Crippen LogP contribution in [0.25, 0.3) is 0 Å². The van der Waals surface area contributed by atoms with E-state index in [0.717, 1.165) is 10.6 Å². The number of rotatable bonds is 6. The zero-order valence-corrected chi connectivity index (χ0v) is 14.2. The smallest absolute Gasteiger partial charge is 0.240 e. The Morgan fingerprint density at radius 1 is 1.29 bits per heavy atom. The minimum atomic E-state index is -3.60. The standard InChI is InChI=1S/C14H21ClN2O3S/c1-10(2)11(3)16-14(18)9-17(21(4,19)20)13-8-6-5-7-12(13)15/h5-8,10-11H,9H2,1-4H3,(H,16,18)/t11-/m0/s1. The number of sulfonamides is 1. The molecule has 0 saturated carbocycles. The van der Waals surface area contributed by atoms with Crippen LogP contribution < -0.4 is 9.62 Å². The van der Waals surface area contributed by atoms with Gasteiger partial charge in [0.25, 0.3) is 0 Å². The summed E-state index contributed by atoms with van der Waals surface area (Å²) < 4.78 is 24.9. The molecular weight excluding hydrogens is 312 g/mol. The van der Waals surface area contributed by atoms with Crippen LogP contribution in [0, 0.1) is 5.92 Å². The number of halogens is 1. The number of carbonyl (C=O) groups is 1. The Morgan fingerprint density at radius 3 is 2.33 bits per heavy atom. The topological polar surface area (TPSA) is 66.5 Å². The Labute approximate surface area is 131 Å². The highest BCUT2D eigenvalue weighted by Crippen LogP contribution is 2.26. The summed E-state index contributed by atoms with van der Waals surface area (Å²) in [6.07, 6.45) is 1.05. The number of anilines is 1. The Bertz CT molecular complexity index is 602. The fourth-order valence-electron chi connectivity index (χ4n) is 1.63. The second kappa shape index (κ2) is 7.13. The second-order valence-electron chi connectivity index (χ2n) is 5.32. The van der Waals surface area contributed by atoms with E-state index in [1.165, 1.54) is 0 Å². The largest absolute Gasteiger partial charge is 0.352 e. The summed E-state index contributed by atoms with van der Waals surface area (Å²) in [6, 6.07) is 6.50. The molecule has 0 saturated heterocycles. The molecule has 0 radical (unpaired) electrons. The molecule has 7 heteroatoms. The molecular formula is C14H21ClN2O3S. The van der Waals surface area contributed by atoms with Crippen LogP contribution in [-0.4, -0.2) is 33.2 Å². The Kier molecular flexibility index (Phi) is 6.04. The van der Waals surface area contributed by atoms with E-state index in [9.17, 15) is 13.2 Å². The summed E-state index contributed by atoms with van der Waals surface area (Å²) in [6.45, 7) is 5.54. The first kappa shape index (κ1) is 17.8. The summed E-state index contributed by atoms with van der Waals surface area (Å²) in [4.78, 5) is 12.0. The van der Waals surface area contributed by atoms with Crippen molar-refractivity contribution in [3.05, 3.63) is 29.3 Å². The molecule has 1 aromatic carbocycles. The summed E-state index contributed by atoms with van der Waals surface area (Å²) in [7, 11) is -3.60. The fourth-order valence-corrected chi connectivity index (χ4v) is 2.79. The maximum absolute atomic E-state index is 12.0. The number of amides is 1. The molecule has 1 aromatic rings. The van der Waals surface area contributed by atoms with E-state index in [-0.39, 0.29) is 29.4 Å². The Balaban J connectivity index is 2.97. The lowest BCUT2D eigenvalue weighted by atomic mass is 10.1. The van der Waals surface area contributed by atoms with Crippen molar-refractivity contribution in [2.75, 3.05) is 17.1 Å². The molecule has 21 heavy (non-hydrogen) atoms. The van der Waals surface area contributed by atoms with Gasteiger partial charge >= 0.3 is 0 Å². The van der Waals surface area contributed by atoms with Crippen molar-refractivity contribution in [3.63, 3.8) is 0 Å². The highest BCUT2D eigenvalue weighted by Gasteiger charge is 2.23. The van der Waals surface area contributed by atoms with Crippen LogP contribution >= 0.6 is 11.6 Å². The number of benzene rings is 1. The lowest BCUT2D eigenvalue weighted by Gasteiger charge is -2.24. The molecule has 0 heterocycles. The molecule has 0 fully saturated rings. The molecule has 0 unspecified atom stereocenters. The van der Waals surface area contributed by atoms with E-state index in [1.54, 1.807) is 24.3 Å². The van der Waals surface area contributed by atoms with Crippen LogP contribution in [0.2, 0.25) is 5.02 Å². The third kappa shape index (κ3) is 5.21. The minimum absolute atomic E-state index is 0.0369. The monoisotopic (exact) mass is 332 g/mol. The molecule has 0 aliphatic carbocycles. The summed E-state index contributed by atoms with van der Waals surface area (Å²) in [5.41, 5.74) is 0.300. The van der Waals surface area contributed by atoms with Gasteiger partial charge in [0.15, 0.2) is 0 Å². The first-order valence-electron chi connectivity index (χ1n) is 6.64. The second-order valence-corrected chi connectivity index (χ2v) is 7.64. The van der Waals surface area contributed by atoms with Gasteiger partial charge in [-0.25, -0.2) is 8.42 Å². The SMILES string of the molecule is CC(C)[C@H](C)NC(=O)CN(c1ccccc1Cl)S(C)(=O)=O. The van der Waals surface area contributed by atoms with Crippen molar-refractivity contribution in [2.45, 2.75) is 26.8 Å². The fraction of sp³-hybridized carbons (Fsp3) is 0.500. The predicted molar refractivity (Wildman–Crippen MR) is 86.1 cm³/mol. The number of para-hydroxylation sites is 1. The molecule has 0 bridgehead atoms. The normalized spacial score (nSPS) is 13.0. The van der Waals surface area contributed by atoms with Gasteiger partial charge in [-0.3, -0.25) is 9.10 Å². The number of hydrogen-bond acceptors (Lipinski definition) is 3. The Hall–Kier alpha value is -1.27. The highest BCUT2D eigenvalue weighted by atomic mass is 35.5. The van der Waals surface area contributed by atoms with Crippen molar-refractivity contribution in [1.82, 2.24) is 5.32 Å². The van der Waals surface area contributed by atoms with Gasteiger partial charge in [-0.05, 0) is 25.0 Å². The molecule has 1 atom stereocenters. The molecule has 0 spiro atoms. The van der Waals surface area contributed by atoms with E-state index in [0.29, 0.717) is 5.69 Å². The summed E-state index contributed by atoms with van der Waals surface area (Å²) in [5, 5.41) is 3.07. The minimum Gasteiger partial charge on any atom is -0.352 e. The summed E-state index contributed by atoms with van der Waals surface area (Å²) >= 11 is 6.03. The van der Waals surface area contributed by atoms with Crippen molar-refractivity contribution in [2.24, 2.45) is 5.92 Å². The van der Waals surface area contributed by atoms with Crippen molar-refractivity contribution in [3.8, 4) is 0 Å². The van der Waals surface area contributed by atoms with Gasteiger partial charge in [-0.1, -0.05) is 37.6 Å². The van der Waals surface area contributed by atoms with Crippen LogP contribution in [0.4, 0.5) is 5.69 Å². The molecule has 1 N–H and O–H groups in total. The zero-order valence-electron chi connectivity index (χ0n) is 12.6. The lowest BCUT2D eigenvalue weighted by molar-refractivity contribution is -0.120. The zero-order chi connectivity index (χ0) is 16.2. The molecule has 0 aliphatic rings. The van der Waals surface area contributed by atoms with Crippen LogP contribution in [0.5, 0.6) is 0 Å². The molecule has 0 aromatic heterocycles. The average Bonchev–Trinajstić information content (AvgIpc) is 2.35. The van der Waals surface area contributed by atoms with Gasteiger partial charge in [0, 0.05) is 6.04 Å². The van der Waals surface area contributed by atoms with E-state index in [2.05, 4.69) is 5.32 Å². The Morgan fingerprint density at radius 2 is 1.86 bits per heavy atom. The summed E-state index contributed by atoms with van der Waals surface area (Å²) in [5.74, 6) is -0.0949. The van der Waals surface area contributed by atoms with Gasteiger partial charge < -0.3 is 5.32 Å². The number of hydrogen-bond donors (Lipinski definition) is 1. The van der Waals surface area contributed by atoms with Crippen LogP contribution in [-0.2, 0) is 14.8 Å². The average molecular weight is 333 g/mol. The lowest BCUT2D eigenvalue weighted by Crippen LogP contribution is -2.44. The third-order valence-corrected chi connectivity index (χ3v) is 4.64. The molecule has 1 amide bonds. The highest BCUT2D eigenvalue weighted by molar-refractivity contribution is 7.92. The number of carbonyl (C=O) groups excluding carboxylic acids is 1. The van der Waals surface area contributed by atoms with E-state index < -0.39 is 10.0 Å². The van der Waals surface area contributed by atoms with E-state index in [4.69, 9.17) is 11.6 Å². The van der Waals surface area contributed by atoms with Gasteiger partial charge in [-0.15, -0.1) is 0 Å². The first-order chi connectivity index (χ1) is 9.62.